The Morgan fingerprint density at radius 1 is 1.50 bits per heavy atom. The van der Waals surface area contributed by atoms with Crippen molar-refractivity contribution in [3.05, 3.63) is 0 Å². The fourth-order valence-electron chi connectivity index (χ4n) is 0.879. The Hall–Kier alpha value is -1.04. The number of hydrogen-bond donors (Lipinski definition) is 3. The molecule has 0 aromatic carbocycles. The lowest BCUT2D eigenvalue weighted by Gasteiger charge is -2.20. The molecule has 0 aliphatic carbocycles. The van der Waals surface area contributed by atoms with E-state index in [2.05, 4.69) is 4.99 Å². The van der Waals surface area contributed by atoms with Crippen LogP contribution in [0.2, 0.25) is 0 Å². The quantitative estimate of drug-likeness (QED) is 0.475. The number of hydrogen-bond acceptors (Lipinski definition) is 1. The first-order valence-electron chi connectivity index (χ1n) is 4.10. The van der Waals surface area contributed by atoms with Gasteiger partial charge >= 0.3 is 0 Å². The zero-order chi connectivity index (χ0) is 10.3. The van der Waals surface area contributed by atoms with Gasteiger partial charge in [-0.15, -0.1) is 12.4 Å². The van der Waals surface area contributed by atoms with Crippen LogP contribution in [0, 0.1) is 5.41 Å². The largest absolute Gasteiger partial charge is 0.369 e. The molecule has 0 spiro atoms. The van der Waals surface area contributed by atoms with Crippen LogP contribution in [0.15, 0.2) is 4.99 Å². The maximum Gasteiger partial charge on any atom is 0.215 e. The number of guanidine groups is 2. The molecular formula is C7H17ClFN5. The van der Waals surface area contributed by atoms with Gasteiger partial charge in [-0.3, -0.25) is 9.80 Å². The van der Waals surface area contributed by atoms with Crippen molar-refractivity contribution < 1.29 is 4.39 Å². The van der Waals surface area contributed by atoms with E-state index in [-0.39, 0.29) is 31.0 Å². The van der Waals surface area contributed by atoms with Crippen LogP contribution in [-0.4, -0.2) is 36.6 Å². The standard InChI is InChI=1S/C7H16FN5.ClH/c1-2-13(5-3-4-8)7(11)12-6(9)10;/h2-5H2,1H3,(H5,9,10,11,12);1H. The van der Waals surface area contributed by atoms with Crippen LogP contribution in [0.1, 0.15) is 13.3 Å². The van der Waals surface area contributed by atoms with E-state index in [0.29, 0.717) is 19.5 Å². The Morgan fingerprint density at radius 2 is 2.07 bits per heavy atom. The van der Waals surface area contributed by atoms with Crippen LogP contribution < -0.4 is 11.5 Å². The van der Waals surface area contributed by atoms with Crippen LogP contribution in [0.25, 0.3) is 0 Å². The summed E-state index contributed by atoms with van der Waals surface area (Å²) in [6.45, 7) is 2.61. The molecule has 0 saturated heterocycles. The van der Waals surface area contributed by atoms with Gasteiger partial charge in [0.25, 0.3) is 0 Å². The summed E-state index contributed by atoms with van der Waals surface area (Å²) in [6, 6.07) is 0. The molecule has 0 aromatic rings. The molecule has 0 heterocycles. The predicted molar refractivity (Wildman–Crippen MR) is 58.6 cm³/mol. The third-order valence-corrected chi connectivity index (χ3v) is 1.50. The Balaban J connectivity index is 0. The van der Waals surface area contributed by atoms with Crippen molar-refractivity contribution in [3.8, 4) is 0 Å². The van der Waals surface area contributed by atoms with E-state index in [1.54, 1.807) is 4.90 Å². The molecule has 0 bridgehead atoms. The maximum atomic E-state index is 11.8. The molecule has 7 heteroatoms. The van der Waals surface area contributed by atoms with Crippen molar-refractivity contribution in [2.45, 2.75) is 13.3 Å². The second-order valence-electron chi connectivity index (χ2n) is 2.48. The fourth-order valence-corrected chi connectivity index (χ4v) is 0.879. The highest BCUT2D eigenvalue weighted by molar-refractivity contribution is 5.91. The average Bonchev–Trinajstić information content (AvgIpc) is 2.04. The van der Waals surface area contributed by atoms with Crippen LogP contribution in [0.4, 0.5) is 4.39 Å². The molecular weight excluding hydrogens is 209 g/mol. The van der Waals surface area contributed by atoms with Gasteiger partial charge in [-0.2, -0.15) is 4.99 Å². The fraction of sp³-hybridized carbons (Fsp3) is 0.714. The molecule has 0 amide bonds. The van der Waals surface area contributed by atoms with E-state index in [1.165, 1.54) is 0 Å². The second kappa shape index (κ2) is 8.55. The molecule has 5 N–H and O–H groups in total. The van der Waals surface area contributed by atoms with Gasteiger partial charge in [0, 0.05) is 13.1 Å². The molecule has 0 atom stereocenters. The van der Waals surface area contributed by atoms with Crippen LogP contribution >= 0.6 is 12.4 Å². The van der Waals surface area contributed by atoms with Crippen molar-refractivity contribution in [1.82, 2.24) is 4.90 Å². The monoisotopic (exact) mass is 225 g/mol. The maximum absolute atomic E-state index is 11.8. The van der Waals surface area contributed by atoms with Crippen molar-refractivity contribution in [2.75, 3.05) is 19.8 Å². The van der Waals surface area contributed by atoms with Gasteiger partial charge in [0.2, 0.25) is 5.96 Å². The summed E-state index contributed by atoms with van der Waals surface area (Å²) in [5.74, 6) is -0.167. The van der Waals surface area contributed by atoms with Gasteiger partial charge in [0.1, 0.15) is 0 Å². The molecule has 0 rings (SSSR count). The lowest BCUT2D eigenvalue weighted by atomic mass is 10.4. The topological polar surface area (TPSA) is 91.5 Å². The first-order chi connectivity index (χ1) is 6.11. The molecule has 14 heavy (non-hydrogen) atoms. The molecule has 0 aliphatic heterocycles. The van der Waals surface area contributed by atoms with E-state index in [4.69, 9.17) is 16.9 Å². The highest BCUT2D eigenvalue weighted by Crippen LogP contribution is 1.91. The smallest absolute Gasteiger partial charge is 0.215 e. The second-order valence-corrected chi connectivity index (χ2v) is 2.48. The van der Waals surface area contributed by atoms with Crippen LogP contribution in [0.5, 0.6) is 0 Å². The number of aliphatic imine (C=N–C) groups is 1. The lowest BCUT2D eigenvalue weighted by Crippen LogP contribution is -2.39. The van der Waals surface area contributed by atoms with E-state index >= 15 is 0 Å². The number of nitrogens with two attached hydrogens (primary N) is 2. The van der Waals surface area contributed by atoms with Crippen molar-refractivity contribution in [3.63, 3.8) is 0 Å². The zero-order valence-corrected chi connectivity index (χ0v) is 8.98. The third kappa shape index (κ3) is 6.47. The van der Waals surface area contributed by atoms with Gasteiger partial charge in [0.15, 0.2) is 5.96 Å². The van der Waals surface area contributed by atoms with E-state index < -0.39 is 0 Å². The summed E-state index contributed by atoms with van der Waals surface area (Å²) in [4.78, 5) is 5.23. The molecule has 0 fully saturated rings. The minimum atomic E-state index is -0.385. The van der Waals surface area contributed by atoms with Crippen molar-refractivity contribution in [1.29, 1.82) is 5.41 Å². The third-order valence-electron chi connectivity index (χ3n) is 1.50. The summed E-state index contributed by atoms with van der Waals surface area (Å²) in [6.07, 6.45) is 0.405. The highest BCUT2D eigenvalue weighted by Gasteiger charge is 2.04. The summed E-state index contributed by atoms with van der Waals surface area (Å²) >= 11 is 0. The van der Waals surface area contributed by atoms with Crippen LogP contribution in [-0.2, 0) is 0 Å². The first-order valence-corrected chi connectivity index (χ1v) is 4.10. The normalized spacial score (nSPS) is 10.6. The van der Waals surface area contributed by atoms with Gasteiger partial charge in [-0.25, -0.2) is 0 Å². The van der Waals surface area contributed by atoms with Gasteiger partial charge in [-0.05, 0) is 13.3 Å². The predicted octanol–water partition coefficient (Wildman–Crippen LogP) is 0.298. The van der Waals surface area contributed by atoms with Gasteiger partial charge in [0.05, 0.1) is 6.67 Å². The number of rotatable bonds is 4. The first kappa shape index (κ1) is 15.4. The van der Waals surface area contributed by atoms with E-state index in [0.717, 1.165) is 0 Å². The lowest BCUT2D eigenvalue weighted by molar-refractivity contribution is 0.380. The summed E-state index contributed by atoms with van der Waals surface area (Å²) in [5, 5.41) is 6.88. The summed E-state index contributed by atoms with van der Waals surface area (Å²) in [7, 11) is 0. The Morgan fingerprint density at radius 3 is 2.43 bits per heavy atom. The number of nitrogens with one attached hydrogen (secondary N) is 1. The molecule has 0 saturated carbocycles. The van der Waals surface area contributed by atoms with Crippen molar-refractivity contribution >= 4 is 24.3 Å². The minimum Gasteiger partial charge on any atom is -0.369 e. The van der Waals surface area contributed by atoms with Crippen LogP contribution in [0.3, 0.4) is 0 Å². The summed E-state index contributed by atoms with van der Waals surface area (Å²) < 4.78 is 11.8. The Labute approximate surface area is 89.3 Å². The zero-order valence-electron chi connectivity index (χ0n) is 8.16. The van der Waals surface area contributed by atoms with Gasteiger partial charge < -0.3 is 16.4 Å². The Kier molecular flexibility index (Phi) is 9.43. The van der Waals surface area contributed by atoms with E-state index in [1.807, 2.05) is 6.92 Å². The number of halogens is 2. The molecule has 0 aliphatic rings. The molecule has 0 aromatic heterocycles. The minimum absolute atomic E-state index is 0. The average molecular weight is 226 g/mol. The Bertz CT molecular complexity index is 197. The van der Waals surface area contributed by atoms with Crippen molar-refractivity contribution in [2.24, 2.45) is 16.5 Å². The highest BCUT2D eigenvalue weighted by atomic mass is 35.5. The number of nitrogens with zero attached hydrogens (tertiary/aromatic N) is 2. The summed E-state index contributed by atoms with van der Waals surface area (Å²) in [5.41, 5.74) is 10.5. The SMILES string of the molecule is CCN(CCCF)C(N)=NC(=N)N.Cl. The van der Waals surface area contributed by atoms with Gasteiger partial charge in [-0.1, -0.05) is 0 Å². The number of alkyl halides is 1. The molecule has 0 unspecified atom stereocenters. The molecule has 5 nitrogen and oxygen atoms in total. The molecule has 0 radical (unpaired) electrons. The van der Waals surface area contributed by atoms with E-state index in [9.17, 15) is 4.39 Å². The molecule has 84 valence electrons.